The van der Waals surface area contributed by atoms with Gasteiger partial charge in [0.25, 0.3) is 0 Å². The summed E-state index contributed by atoms with van der Waals surface area (Å²) in [5.41, 5.74) is 0.790. The van der Waals surface area contributed by atoms with E-state index in [9.17, 15) is 19.5 Å². The van der Waals surface area contributed by atoms with Gasteiger partial charge in [-0.05, 0) is 24.8 Å². The molecule has 0 aliphatic heterocycles. The van der Waals surface area contributed by atoms with Crippen LogP contribution in [-0.2, 0) is 25.7 Å². The van der Waals surface area contributed by atoms with Crippen molar-refractivity contribution in [1.29, 1.82) is 0 Å². The van der Waals surface area contributed by atoms with Gasteiger partial charge in [-0.3, -0.25) is 4.79 Å². The molecule has 3 atom stereocenters. The number of unbranched alkanes of at least 4 members (excludes halogenated alkanes) is 4. The molecule has 8 nitrogen and oxygen atoms in total. The van der Waals surface area contributed by atoms with Gasteiger partial charge in [-0.15, -0.1) is 0 Å². The molecule has 8 heteroatoms. The summed E-state index contributed by atoms with van der Waals surface area (Å²) in [6, 6.07) is 6.92. The first kappa shape index (κ1) is 27.4. The van der Waals surface area contributed by atoms with E-state index in [-0.39, 0.29) is 12.5 Å². The Labute approximate surface area is 191 Å². The van der Waals surface area contributed by atoms with Crippen LogP contribution < -0.4 is 10.6 Å². The summed E-state index contributed by atoms with van der Waals surface area (Å²) in [5, 5.41) is 15.0. The Kier molecular flexibility index (Phi) is 13.1. The van der Waals surface area contributed by atoms with Gasteiger partial charge in [0.1, 0.15) is 18.7 Å². The summed E-state index contributed by atoms with van der Waals surface area (Å²) in [6.07, 6.45) is 3.11. The number of ether oxygens (including phenoxy) is 2. The molecule has 32 heavy (non-hydrogen) atoms. The minimum Gasteiger partial charge on any atom is -0.464 e. The van der Waals surface area contributed by atoms with Crippen molar-refractivity contribution >= 4 is 18.0 Å². The first-order chi connectivity index (χ1) is 15.3. The molecule has 2 amide bonds. The number of benzene rings is 1. The van der Waals surface area contributed by atoms with Crippen LogP contribution in [-0.4, -0.2) is 47.9 Å². The van der Waals surface area contributed by atoms with Gasteiger partial charge in [-0.1, -0.05) is 76.8 Å². The zero-order chi connectivity index (χ0) is 23.9. The quantitative estimate of drug-likeness (QED) is 0.296. The Morgan fingerprint density at radius 2 is 1.56 bits per heavy atom. The molecule has 0 heterocycles. The van der Waals surface area contributed by atoms with E-state index in [0.29, 0.717) is 6.61 Å². The molecule has 0 saturated carbocycles. The molecule has 1 aromatic carbocycles. The average Bonchev–Trinajstić information content (AvgIpc) is 2.76. The molecule has 1 aromatic rings. The molecule has 0 saturated heterocycles. The molecule has 0 unspecified atom stereocenters. The Balaban J connectivity index is 2.58. The number of rotatable bonds is 14. The second-order valence-electron chi connectivity index (χ2n) is 8.24. The maximum Gasteiger partial charge on any atom is 0.408 e. The minimum absolute atomic E-state index is 0.0278. The lowest BCUT2D eigenvalue weighted by Crippen LogP contribution is -2.57. The summed E-state index contributed by atoms with van der Waals surface area (Å²) < 4.78 is 10.4. The maximum absolute atomic E-state index is 12.7. The van der Waals surface area contributed by atoms with Crippen molar-refractivity contribution in [2.75, 3.05) is 6.61 Å². The van der Waals surface area contributed by atoms with Crippen LogP contribution in [0.3, 0.4) is 0 Å². The van der Waals surface area contributed by atoms with Crippen molar-refractivity contribution < 1.29 is 29.0 Å². The lowest BCUT2D eigenvalue weighted by Gasteiger charge is -2.25. The highest BCUT2D eigenvalue weighted by molar-refractivity contribution is 5.90. The fraction of sp³-hybridized carbons (Fsp3) is 0.625. The highest BCUT2D eigenvalue weighted by Crippen LogP contribution is 2.08. The Hall–Kier alpha value is -2.61. The van der Waals surface area contributed by atoms with Gasteiger partial charge in [0, 0.05) is 0 Å². The molecule has 0 fully saturated rings. The molecular weight excluding hydrogens is 412 g/mol. The third-order valence-corrected chi connectivity index (χ3v) is 4.96. The van der Waals surface area contributed by atoms with E-state index in [2.05, 4.69) is 17.6 Å². The predicted molar refractivity (Wildman–Crippen MR) is 122 cm³/mol. The summed E-state index contributed by atoms with van der Waals surface area (Å²) in [7, 11) is 0. The number of aliphatic hydroxyl groups excluding tert-OH is 1. The first-order valence-corrected chi connectivity index (χ1v) is 11.4. The van der Waals surface area contributed by atoms with Crippen LogP contribution in [0.2, 0.25) is 0 Å². The monoisotopic (exact) mass is 450 g/mol. The van der Waals surface area contributed by atoms with Crippen molar-refractivity contribution in [2.24, 2.45) is 5.92 Å². The second kappa shape index (κ2) is 15.2. The molecule has 0 aliphatic carbocycles. The molecule has 0 bridgehead atoms. The van der Waals surface area contributed by atoms with Gasteiger partial charge in [0.2, 0.25) is 5.91 Å². The third kappa shape index (κ3) is 10.6. The zero-order valence-corrected chi connectivity index (χ0v) is 19.6. The number of carbonyl (C=O) groups excluding carboxylic acids is 3. The van der Waals surface area contributed by atoms with Gasteiger partial charge >= 0.3 is 12.1 Å². The normalized spacial score (nSPS) is 13.7. The maximum atomic E-state index is 12.7. The number of nitrogens with one attached hydrogen (secondary N) is 2. The van der Waals surface area contributed by atoms with Crippen molar-refractivity contribution in [2.45, 2.75) is 84.6 Å². The van der Waals surface area contributed by atoms with E-state index in [1.807, 2.05) is 18.2 Å². The van der Waals surface area contributed by atoms with Crippen LogP contribution in [0.1, 0.15) is 65.4 Å². The second-order valence-corrected chi connectivity index (χ2v) is 8.24. The number of esters is 1. The molecule has 0 spiro atoms. The van der Waals surface area contributed by atoms with Gasteiger partial charge in [0.05, 0.1) is 12.7 Å². The summed E-state index contributed by atoms with van der Waals surface area (Å²) in [5.74, 6) is -1.44. The highest BCUT2D eigenvalue weighted by Gasteiger charge is 2.32. The molecule has 3 N–H and O–H groups in total. The van der Waals surface area contributed by atoms with Crippen molar-refractivity contribution in [3.05, 3.63) is 35.9 Å². The largest absolute Gasteiger partial charge is 0.464 e. The van der Waals surface area contributed by atoms with Crippen LogP contribution in [0.15, 0.2) is 30.3 Å². The molecule has 180 valence electrons. The van der Waals surface area contributed by atoms with Gasteiger partial charge < -0.3 is 25.2 Å². The number of hydrogen-bond acceptors (Lipinski definition) is 6. The first-order valence-electron chi connectivity index (χ1n) is 11.4. The van der Waals surface area contributed by atoms with E-state index >= 15 is 0 Å². The summed E-state index contributed by atoms with van der Waals surface area (Å²) in [4.78, 5) is 37.3. The number of carbonyl (C=O) groups is 3. The van der Waals surface area contributed by atoms with E-state index in [0.717, 1.165) is 37.7 Å². The molecule has 0 aliphatic rings. The predicted octanol–water partition coefficient (Wildman–Crippen LogP) is 3.32. The number of amides is 2. The zero-order valence-electron chi connectivity index (χ0n) is 19.6. The summed E-state index contributed by atoms with van der Waals surface area (Å²) >= 11 is 0. The number of aliphatic hydroxyl groups is 1. The van der Waals surface area contributed by atoms with E-state index in [1.54, 1.807) is 26.0 Å². The van der Waals surface area contributed by atoms with E-state index in [4.69, 9.17) is 9.47 Å². The topological polar surface area (TPSA) is 114 Å². The fourth-order valence-electron chi connectivity index (χ4n) is 3.01. The standard InChI is InChI=1S/C24H38N2O6/c1-5-6-7-8-12-15-31-23(29)20(17(2)3)25-22(28)21(18(4)27)26-24(30)32-16-19-13-10-9-11-14-19/h9-11,13-14,17-18,20-21,27H,5-8,12,15-16H2,1-4H3,(H,25,28)(H,26,30)/t18-,20+,21+/m1/s1. The van der Waals surface area contributed by atoms with Crippen LogP contribution >= 0.6 is 0 Å². The molecule has 0 aromatic heterocycles. The van der Waals surface area contributed by atoms with Crippen LogP contribution in [0, 0.1) is 5.92 Å². The molecule has 1 rings (SSSR count). The number of alkyl carbamates (subject to hydrolysis) is 1. The molecular formula is C24H38N2O6. The average molecular weight is 451 g/mol. The van der Waals surface area contributed by atoms with E-state index in [1.165, 1.54) is 6.92 Å². The summed E-state index contributed by atoms with van der Waals surface area (Å²) in [6.45, 7) is 7.40. The van der Waals surface area contributed by atoms with Gasteiger partial charge in [0.15, 0.2) is 0 Å². The number of hydrogen-bond donors (Lipinski definition) is 3. The van der Waals surface area contributed by atoms with Crippen LogP contribution in [0.5, 0.6) is 0 Å². The minimum atomic E-state index is -1.28. The Morgan fingerprint density at radius 1 is 0.906 bits per heavy atom. The van der Waals surface area contributed by atoms with Crippen molar-refractivity contribution in [3.8, 4) is 0 Å². The SMILES string of the molecule is CCCCCCCOC(=O)[C@@H](NC(=O)[C@@H](NC(=O)OCc1ccccc1)[C@@H](C)O)C(C)C. The van der Waals surface area contributed by atoms with Crippen LogP contribution in [0.4, 0.5) is 4.79 Å². The lowest BCUT2D eigenvalue weighted by molar-refractivity contribution is -0.149. The van der Waals surface area contributed by atoms with Gasteiger partial charge in [-0.25, -0.2) is 9.59 Å². The lowest BCUT2D eigenvalue weighted by atomic mass is 10.0. The van der Waals surface area contributed by atoms with Crippen LogP contribution in [0.25, 0.3) is 0 Å². The highest BCUT2D eigenvalue weighted by atomic mass is 16.5. The van der Waals surface area contributed by atoms with E-state index < -0.39 is 36.2 Å². The third-order valence-electron chi connectivity index (χ3n) is 4.96. The van der Waals surface area contributed by atoms with Crippen molar-refractivity contribution in [3.63, 3.8) is 0 Å². The van der Waals surface area contributed by atoms with Crippen molar-refractivity contribution in [1.82, 2.24) is 10.6 Å². The van der Waals surface area contributed by atoms with Gasteiger partial charge in [-0.2, -0.15) is 0 Å². The smallest absolute Gasteiger partial charge is 0.408 e. The fourth-order valence-corrected chi connectivity index (χ4v) is 3.01. The molecule has 0 radical (unpaired) electrons. The Bertz CT molecular complexity index is 693. The Morgan fingerprint density at radius 3 is 2.16 bits per heavy atom.